The molecule has 0 aliphatic carbocycles. The van der Waals surface area contributed by atoms with E-state index in [-0.39, 0.29) is 0 Å². The second kappa shape index (κ2) is 4.50. The van der Waals surface area contributed by atoms with E-state index in [0.717, 1.165) is 12.3 Å². The van der Waals surface area contributed by atoms with Crippen molar-refractivity contribution < 1.29 is 0 Å². The Balaban J connectivity index is 3.43. The number of nitrogens with zero attached hydrogens (tertiary/aromatic N) is 1. The van der Waals surface area contributed by atoms with Crippen molar-refractivity contribution in [3.63, 3.8) is 0 Å². The van der Waals surface area contributed by atoms with Gasteiger partial charge in [0.1, 0.15) is 0 Å². The Morgan fingerprint density at radius 3 is 2.44 bits per heavy atom. The van der Waals surface area contributed by atoms with Crippen LogP contribution >= 0.6 is 0 Å². The van der Waals surface area contributed by atoms with E-state index < -0.39 is 0 Å². The molecule has 2 N–H and O–H groups in total. The molecule has 0 atom stereocenters. The Hall–Kier alpha value is -0.370. The van der Waals surface area contributed by atoms with Crippen LogP contribution < -0.4 is 5.73 Å². The van der Waals surface area contributed by atoms with E-state index in [4.69, 9.17) is 5.73 Å². The minimum Gasteiger partial charge on any atom is -0.326 e. The molecule has 0 aromatic rings. The van der Waals surface area contributed by atoms with Gasteiger partial charge in [0.15, 0.2) is 0 Å². The van der Waals surface area contributed by atoms with Crippen LogP contribution in [0.1, 0.15) is 20.8 Å². The third kappa shape index (κ3) is 5.50. The van der Waals surface area contributed by atoms with Gasteiger partial charge in [-0.25, -0.2) is 0 Å². The highest BCUT2D eigenvalue weighted by Gasteiger charge is 1.89. The van der Waals surface area contributed by atoms with Crippen LogP contribution in [0.5, 0.6) is 0 Å². The van der Waals surface area contributed by atoms with E-state index in [1.165, 1.54) is 0 Å². The van der Waals surface area contributed by atoms with E-state index in [1.807, 2.05) is 6.92 Å². The average Bonchev–Trinajstić information content (AvgIpc) is 1.83. The molecule has 0 radical (unpaired) electrons. The van der Waals surface area contributed by atoms with Gasteiger partial charge in [-0.2, -0.15) is 0 Å². The fraction of sp³-hybridized carbons (Fsp3) is 0.857. The van der Waals surface area contributed by atoms with Crippen molar-refractivity contribution in [1.82, 2.24) is 0 Å². The lowest BCUT2D eigenvalue weighted by Gasteiger charge is -1.99. The number of hydrogen-bond donors (Lipinski definition) is 1. The van der Waals surface area contributed by atoms with E-state index in [0.29, 0.717) is 12.5 Å². The van der Waals surface area contributed by atoms with Crippen LogP contribution in [0.25, 0.3) is 0 Å². The summed E-state index contributed by atoms with van der Waals surface area (Å²) in [4.78, 5) is 4.23. The molecule has 0 aromatic carbocycles. The molecule has 2 heteroatoms. The van der Waals surface area contributed by atoms with Crippen LogP contribution in [0.4, 0.5) is 0 Å². The molecule has 9 heavy (non-hydrogen) atoms. The minimum absolute atomic E-state index is 0.590. The predicted octanol–water partition coefficient (Wildman–Crippen LogP) is 1.06. The van der Waals surface area contributed by atoms with Gasteiger partial charge in [0.2, 0.25) is 0 Å². The van der Waals surface area contributed by atoms with Crippen LogP contribution in [0, 0.1) is 5.92 Å². The van der Waals surface area contributed by atoms with Gasteiger partial charge in [-0.15, -0.1) is 0 Å². The fourth-order valence-corrected chi connectivity index (χ4v) is 0.403. The molecule has 2 nitrogen and oxygen atoms in total. The maximum absolute atomic E-state index is 5.33. The van der Waals surface area contributed by atoms with Gasteiger partial charge in [-0.1, -0.05) is 13.8 Å². The molecular formula is C7H16N2. The first kappa shape index (κ1) is 8.63. The minimum atomic E-state index is 0.590. The molecule has 0 fully saturated rings. The molecule has 0 amide bonds. The van der Waals surface area contributed by atoms with Crippen LogP contribution in [0.15, 0.2) is 4.99 Å². The van der Waals surface area contributed by atoms with E-state index in [2.05, 4.69) is 18.8 Å². The largest absolute Gasteiger partial charge is 0.326 e. The molecule has 0 aliphatic heterocycles. The van der Waals surface area contributed by atoms with Gasteiger partial charge in [0.25, 0.3) is 0 Å². The molecule has 54 valence electrons. The van der Waals surface area contributed by atoms with E-state index >= 15 is 0 Å². The van der Waals surface area contributed by atoms with Gasteiger partial charge in [-0.05, 0) is 12.8 Å². The average molecular weight is 128 g/mol. The molecule has 0 rings (SSSR count). The van der Waals surface area contributed by atoms with Crippen molar-refractivity contribution in [2.45, 2.75) is 20.8 Å². The summed E-state index contributed by atoms with van der Waals surface area (Å²) in [5.74, 6) is 0.645. The van der Waals surface area contributed by atoms with Gasteiger partial charge in [0.05, 0.1) is 0 Å². The zero-order chi connectivity index (χ0) is 7.28. The topological polar surface area (TPSA) is 38.4 Å². The van der Waals surface area contributed by atoms with Crippen LogP contribution in [0.2, 0.25) is 0 Å². The highest BCUT2D eigenvalue weighted by molar-refractivity contribution is 5.83. The molecule has 0 bridgehead atoms. The summed E-state index contributed by atoms with van der Waals surface area (Å²) in [6.45, 7) is 7.75. The van der Waals surface area contributed by atoms with Crippen LogP contribution in [-0.4, -0.2) is 18.8 Å². The Bertz CT molecular complexity index is 95.1. The molecule has 0 aromatic heterocycles. The molecule has 0 unspecified atom stereocenters. The molecule has 0 aliphatic rings. The molecule has 0 spiro atoms. The molecule has 0 saturated heterocycles. The van der Waals surface area contributed by atoms with Crippen LogP contribution in [0.3, 0.4) is 0 Å². The van der Waals surface area contributed by atoms with Crippen LogP contribution in [-0.2, 0) is 0 Å². The molecule has 0 saturated carbocycles. The zero-order valence-electron chi connectivity index (χ0n) is 6.52. The van der Waals surface area contributed by atoms with Crippen molar-refractivity contribution in [1.29, 1.82) is 0 Å². The Morgan fingerprint density at radius 1 is 1.56 bits per heavy atom. The Kier molecular flexibility index (Phi) is 4.32. The second-order valence-corrected chi connectivity index (χ2v) is 2.67. The maximum Gasteiger partial charge on any atom is 0.0412 e. The lowest BCUT2D eigenvalue weighted by Crippen LogP contribution is -2.11. The third-order valence-electron chi connectivity index (χ3n) is 1.02. The van der Waals surface area contributed by atoms with Gasteiger partial charge in [0, 0.05) is 18.8 Å². The van der Waals surface area contributed by atoms with E-state index in [1.54, 1.807) is 0 Å². The van der Waals surface area contributed by atoms with Crippen molar-refractivity contribution in [3.05, 3.63) is 0 Å². The van der Waals surface area contributed by atoms with Crippen molar-refractivity contribution in [3.8, 4) is 0 Å². The summed E-state index contributed by atoms with van der Waals surface area (Å²) in [7, 11) is 0. The summed E-state index contributed by atoms with van der Waals surface area (Å²) in [5.41, 5.74) is 6.37. The quantitative estimate of drug-likeness (QED) is 0.567. The first-order chi connectivity index (χ1) is 4.16. The summed E-state index contributed by atoms with van der Waals surface area (Å²) in [5, 5.41) is 0. The smallest absolute Gasteiger partial charge is 0.0412 e. The number of aliphatic imine (C=N–C) groups is 1. The first-order valence-corrected chi connectivity index (χ1v) is 3.36. The number of rotatable bonds is 3. The molecule has 0 heterocycles. The van der Waals surface area contributed by atoms with Gasteiger partial charge >= 0.3 is 0 Å². The first-order valence-electron chi connectivity index (χ1n) is 3.36. The third-order valence-corrected chi connectivity index (χ3v) is 1.02. The summed E-state index contributed by atoms with van der Waals surface area (Å²) in [6, 6.07) is 0. The fourth-order valence-electron chi connectivity index (χ4n) is 0.403. The summed E-state index contributed by atoms with van der Waals surface area (Å²) >= 11 is 0. The monoisotopic (exact) mass is 128 g/mol. The van der Waals surface area contributed by atoms with Crippen molar-refractivity contribution >= 4 is 5.71 Å². The van der Waals surface area contributed by atoms with Crippen molar-refractivity contribution in [2.75, 3.05) is 13.1 Å². The van der Waals surface area contributed by atoms with Gasteiger partial charge < -0.3 is 5.73 Å². The van der Waals surface area contributed by atoms with E-state index in [9.17, 15) is 0 Å². The normalized spacial score (nSPS) is 12.8. The lowest BCUT2D eigenvalue weighted by atomic mass is 10.2. The zero-order valence-corrected chi connectivity index (χ0v) is 6.52. The number of hydrogen-bond acceptors (Lipinski definition) is 2. The molecular weight excluding hydrogens is 112 g/mol. The lowest BCUT2D eigenvalue weighted by molar-refractivity contribution is 0.665. The van der Waals surface area contributed by atoms with Crippen molar-refractivity contribution in [2.24, 2.45) is 16.6 Å². The number of nitrogens with two attached hydrogens (primary N) is 1. The standard InChI is InChI=1S/C7H16N2/c1-6(2)5-9-7(3)4-8/h6H,4-5,8H2,1-3H3. The highest BCUT2D eigenvalue weighted by Crippen LogP contribution is 1.91. The van der Waals surface area contributed by atoms with Gasteiger partial charge in [-0.3, -0.25) is 4.99 Å². The Morgan fingerprint density at radius 2 is 2.11 bits per heavy atom. The maximum atomic E-state index is 5.33. The highest BCUT2D eigenvalue weighted by atomic mass is 14.8. The Labute approximate surface area is 57.2 Å². The SMILES string of the molecule is CC(CN)=NCC(C)C. The predicted molar refractivity (Wildman–Crippen MR) is 41.9 cm³/mol. The summed E-state index contributed by atoms with van der Waals surface area (Å²) < 4.78 is 0. The summed E-state index contributed by atoms with van der Waals surface area (Å²) in [6.07, 6.45) is 0. The second-order valence-electron chi connectivity index (χ2n) is 2.67.